The monoisotopic (exact) mass is 1270 g/mol. The van der Waals surface area contributed by atoms with E-state index < -0.39 is 91.5 Å². The normalized spacial score (nSPS) is 14.8. The van der Waals surface area contributed by atoms with Crippen molar-refractivity contribution in [3.05, 3.63) is 85.1 Å². The third kappa shape index (κ3) is 64.1. The number of carbonyl (C=O) groups excluding carboxylic acids is 3. The molecule has 0 bridgehead atoms. The lowest BCUT2D eigenvalue weighted by molar-refractivity contribution is -0.161. The van der Waals surface area contributed by atoms with Crippen LogP contribution in [0.4, 0.5) is 0 Å². The number of hydrogen-bond donors (Lipinski definition) is 4. The Labute approximate surface area is 527 Å². The Bertz CT molecular complexity index is 1930. The van der Waals surface area contributed by atoms with E-state index >= 15 is 0 Å². The van der Waals surface area contributed by atoms with Crippen LogP contribution < -0.4 is 0 Å². The molecule has 0 fully saturated rings. The number of unbranched alkanes of at least 4 members (excludes halogenated alkanes) is 27. The highest BCUT2D eigenvalue weighted by Gasteiger charge is 2.29. The Hall–Kier alpha value is -3.27. The van der Waals surface area contributed by atoms with E-state index in [4.69, 9.17) is 32.3 Å². The van der Waals surface area contributed by atoms with Crippen molar-refractivity contribution in [3.63, 3.8) is 0 Å². The molecule has 504 valence electrons. The minimum atomic E-state index is -4.92. The number of allylic oxidation sites excluding steroid dienone is 14. The first-order chi connectivity index (χ1) is 42.2. The lowest BCUT2D eigenvalue weighted by Gasteiger charge is -2.21. The van der Waals surface area contributed by atoms with Crippen molar-refractivity contribution in [1.29, 1.82) is 0 Å². The van der Waals surface area contributed by atoms with E-state index in [-0.39, 0.29) is 19.3 Å². The summed E-state index contributed by atoms with van der Waals surface area (Å²) in [5.41, 5.74) is 0. The van der Waals surface area contributed by atoms with Crippen LogP contribution in [-0.2, 0) is 55.8 Å². The molecule has 0 amide bonds. The first kappa shape index (κ1) is 83.7. The average molecular weight is 1270 g/mol. The highest BCUT2D eigenvalue weighted by molar-refractivity contribution is 7.47. The number of carbonyl (C=O) groups is 3. The van der Waals surface area contributed by atoms with E-state index in [0.29, 0.717) is 19.3 Å². The quantitative estimate of drug-likeness (QED) is 0.0146. The molecule has 0 heterocycles. The maximum absolute atomic E-state index is 12.9. The van der Waals surface area contributed by atoms with Crippen LogP contribution in [0.3, 0.4) is 0 Å². The van der Waals surface area contributed by atoms with Crippen LogP contribution in [0, 0.1) is 0 Å². The summed E-state index contributed by atoms with van der Waals surface area (Å²) in [6.45, 7) is 2.52. The van der Waals surface area contributed by atoms with Crippen LogP contribution in [0.5, 0.6) is 0 Å². The van der Waals surface area contributed by atoms with Gasteiger partial charge in [-0.05, 0) is 96.3 Å². The highest BCUT2D eigenvalue weighted by atomic mass is 31.2. The first-order valence-electron chi connectivity index (χ1n) is 33.9. The predicted molar refractivity (Wildman–Crippen MR) is 353 cm³/mol. The van der Waals surface area contributed by atoms with Crippen LogP contribution in [0.25, 0.3) is 0 Å². The van der Waals surface area contributed by atoms with Crippen molar-refractivity contribution in [1.82, 2.24) is 0 Å². The molecule has 0 saturated heterocycles. The van der Waals surface area contributed by atoms with Gasteiger partial charge in [-0.3, -0.25) is 32.5 Å². The van der Waals surface area contributed by atoms with Gasteiger partial charge < -0.3 is 34.2 Å². The molecule has 0 aliphatic rings. The zero-order valence-corrected chi connectivity index (χ0v) is 56.2. The summed E-state index contributed by atoms with van der Waals surface area (Å²) in [5.74, 6) is -1.60. The number of aliphatic hydroxyl groups is 2. The summed E-state index contributed by atoms with van der Waals surface area (Å²) in [5, 5.41) is 20.5. The van der Waals surface area contributed by atoms with Crippen LogP contribution >= 0.6 is 15.6 Å². The Morgan fingerprint density at radius 2 is 0.609 bits per heavy atom. The molecule has 18 heteroatoms. The number of rotatable bonds is 64. The standard InChI is InChI=1S/C69H122O16P2/c1-4-7-10-13-16-19-22-25-27-28-29-30-31-32-33-34-36-39-40-43-46-49-52-55-67(72)79-58-64(70)59-81-86(75,76)82-60-65(71)61-83-87(77,78)84-63-66(85-69(74)57-54-51-48-45-42-37-24-21-18-15-12-9-6-3)62-80-68(73)56-53-50-47-44-41-38-35-26-23-20-17-14-11-8-5-2/h7,10,16,19,25-27,29-30,32-33,35-36,39,64-66,70-71H,4-6,8-9,11-15,17-18,20-24,28,31,34,37-38,40-63H2,1-3H3,(H,75,76)(H,77,78)/b10-7-,19-16-,27-25-,30-29-,33-32-,35-26-,39-36-. The topological polar surface area (TPSA) is 231 Å². The van der Waals surface area contributed by atoms with E-state index in [1.54, 1.807) is 0 Å². The zero-order chi connectivity index (χ0) is 63.8. The van der Waals surface area contributed by atoms with E-state index in [1.807, 2.05) is 0 Å². The van der Waals surface area contributed by atoms with Crippen LogP contribution in [0.15, 0.2) is 85.1 Å². The second-order valence-corrected chi connectivity index (χ2v) is 25.5. The summed E-state index contributed by atoms with van der Waals surface area (Å²) < 4.78 is 60.8. The van der Waals surface area contributed by atoms with Crippen molar-refractivity contribution in [3.8, 4) is 0 Å². The van der Waals surface area contributed by atoms with Crippen molar-refractivity contribution >= 4 is 33.6 Å². The molecule has 0 spiro atoms. The van der Waals surface area contributed by atoms with E-state index in [9.17, 15) is 43.5 Å². The predicted octanol–water partition coefficient (Wildman–Crippen LogP) is 18.5. The third-order valence-electron chi connectivity index (χ3n) is 14.1. The highest BCUT2D eigenvalue weighted by Crippen LogP contribution is 2.45. The second-order valence-electron chi connectivity index (χ2n) is 22.6. The maximum Gasteiger partial charge on any atom is 0.472 e. The molecular formula is C69H122O16P2. The molecule has 0 aromatic carbocycles. The van der Waals surface area contributed by atoms with Crippen molar-refractivity contribution in [2.24, 2.45) is 0 Å². The Kier molecular flexibility index (Phi) is 60.5. The summed E-state index contributed by atoms with van der Waals surface area (Å²) in [6, 6.07) is 0. The lowest BCUT2D eigenvalue weighted by Crippen LogP contribution is -2.30. The van der Waals surface area contributed by atoms with E-state index in [2.05, 4.69) is 106 Å². The average Bonchev–Trinajstić information content (AvgIpc) is 3.63. The molecule has 5 unspecified atom stereocenters. The molecular weight excluding hydrogens is 1150 g/mol. The summed E-state index contributed by atoms with van der Waals surface area (Å²) in [7, 11) is -9.77. The number of esters is 3. The lowest BCUT2D eigenvalue weighted by atomic mass is 10.0. The molecule has 0 rings (SSSR count). The van der Waals surface area contributed by atoms with Gasteiger partial charge in [-0.1, -0.05) is 247 Å². The minimum Gasteiger partial charge on any atom is -0.463 e. The Balaban J connectivity index is 4.60. The van der Waals surface area contributed by atoms with Crippen LogP contribution in [0.1, 0.15) is 278 Å². The fraction of sp³-hybridized carbons (Fsp3) is 0.754. The molecule has 0 aromatic rings. The smallest absolute Gasteiger partial charge is 0.463 e. The van der Waals surface area contributed by atoms with E-state index in [1.165, 1.54) is 89.9 Å². The van der Waals surface area contributed by atoms with Gasteiger partial charge in [-0.15, -0.1) is 0 Å². The number of ether oxygens (including phenoxy) is 3. The van der Waals surface area contributed by atoms with Crippen molar-refractivity contribution in [2.45, 2.75) is 296 Å². The number of aliphatic hydroxyl groups excluding tert-OH is 2. The molecule has 4 N–H and O–H groups in total. The second kappa shape index (κ2) is 62.9. The van der Waals surface area contributed by atoms with Gasteiger partial charge in [0.05, 0.1) is 26.4 Å². The minimum absolute atomic E-state index is 0.107. The molecule has 0 aromatic heterocycles. The van der Waals surface area contributed by atoms with Gasteiger partial charge in [-0.25, -0.2) is 9.13 Å². The largest absolute Gasteiger partial charge is 0.472 e. The Morgan fingerprint density at radius 1 is 0.333 bits per heavy atom. The van der Waals surface area contributed by atoms with Gasteiger partial charge in [0.1, 0.15) is 25.4 Å². The number of phosphoric ester groups is 2. The summed E-state index contributed by atoms with van der Waals surface area (Å²) >= 11 is 0. The molecule has 0 saturated carbocycles. The molecule has 0 aliphatic heterocycles. The van der Waals surface area contributed by atoms with Gasteiger partial charge in [0.25, 0.3) is 0 Å². The van der Waals surface area contributed by atoms with Crippen molar-refractivity contribution in [2.75, 3.05) is 39.6 Å². The van der Waals surface area contributed by atoms with Crippen LogP contribution in [0.2, 0.25) is 0 Å². The fourth-order valence-corrected chi connectivity index (χ4v) is 10.5. The van der Waals surface area contributed by atoms with E-state index in [0.717, 1.165) is 128 Å². The summed E-state index contributed by atoms with van der Waals surface area (Å²) in [6.07, 6.45) is 66.4. The molecule has 87 heavy (non-hydrogen) atoms. The molecule has 0 radical (unpaired) electrons. The van der Waals surface area contributed by atoms with Gasteiger partial charge >= 0.3 is 33.6 Å². The molecule has 0 aliphatic carbocycles. The SMILES string of the molecule is CC/C=C\C/C=C\C/C=C\C/C=C\C/C=C\C/C=C\CCCCCCC(=O)OCC(O)COP(=O)(O)OCC(O)COP(=O)(O)OCC(COC(=O)CCCCCCC/C=C\CCCCCCCC)OC(=O)CCCCCCCCCCCCCCC. The van der Waals surface area contributed by atoms with Gasteiger partial charge in [0, 0.05) is 19.3 Å². The number of phosphoric acid groups is 2. The maximum atomic E-state index is 12.9. The van der Waals surface area contributed by atoms with Gasteiger partial charge in [-0.2, -0.15) is 0 Å². The first-order valence-corrected chi connectivity index (χ1v) is 36.9. The Morgan fingerprint density at radius 3 is 0.977 bits per heavy atom. The zero-order valence-electron chi connectivity index (χ0n) is 54.4. The summed E-state index contributed by atoms with van der Waals surface area (Å²) in [4.78, 5) is 58.3. The third-order valence-corrected chi connectivity index (χ3v) is 16.0. The fourth-order valence-electron chi connectivity index (χ4n) is 8.92. The molecule has 16 nitrogen and oxygen atoms in total. The van der Waals surface area contributed by atoms with Crippen LogP contribution in [-0.4, -0.2) is 95.9 Å². The van der Waals surface area contributed by atoms with Gasteiger partial charge in [0.2, 0.25) is 0 Å². The van der Waals surface area contributed by atoms with Crippen molar-refractivity contribution < 1.29 is 75.8 Å². The van der Waals surface area contributed by atoms with Gasteiger partial charge in [0.15, 0.2) is 6.10 Å². The number of hydrogen-bond acceptors (Lipinski definition) is 14. The molecule has 5 atom stereocenters.